The molecule has 4 heteroatoms. The molecule has 0 heterocycles. The monoisotopic (exact) mass is 245 g/mol. The van der Waals surface area contributed by atoms with Crippen molar-refractivity contribution in [2.75, 3.05) is 5.32 Å². The summed E-state index contributed by atoms with van der Waals surface area (Å²) in [6.45, 7) is 1.93. The number of aryl methyl sites for hydroxylation is 1. The number of anilines is 1. The molecule has 2 rings (SSSR count). The summed E-state index contributed by atoms with van der Waals surface area (Å²) in [6, 6.07) is 10.4. The van der Waals surface area contributed by atoms with E-state index in [4.69, 9.17) is 0 Å². The lowest BCUT2D eigenvalue weighted by molar-refractivity contribution is 0.102. The van der Waals surface area contributed by atoms with E-state index in [1.165, 1.54) is 0 Å². The number of carbonyl (C=O) groups excluding carboxylic acids is 1. The fourth-order valence-electron chi connectivity index (χ4n) is 1.53. The van der Waals surface area contributed by atoms with Gasteiger partial charge in [0.1, 0.15) is 11.6 Å². The standard InChI is InChI=1S/C14H12FNO2/c1-9-2-5-11(6-3-9)16-14(18)12-8-10(15)4-7-13(12)17/h2-8,17H,1H3,(H,16,18). The van der Waals surface area contributed by atoms with E-state index in [9.17, 15) is 14.3 Å². The summed E-state index contributed by atoms with van der Waals surface area (Å²) in [5, 5.41) is 12.1. The van der Waals surface area contributed by atoms with Crippen molar-refractivity contribution in [1.29, 1.82) is 0 Å². The maximum atomic E-state index is 13.0. The molecule has 0 saturated heterocycles. The first-order valence-corrected chi connectivity index (χ1v) is 5.43. The molecule has 0 aromatic heterocycles. The molecule has 0 radical (unpaired) electrons. The number of rotatable bonds is 2. The number of halogens is 1. The number of hydrogen-bond donors (Lipinski definition) is 2. The quantitative estimate of drug-likeness (QED) is 0.854. The first-order chi connectivity index (χ1) is 8.56. The van der Waals surface area contributed by atoms with Gasteiger partial charge in [0.05, 0.1) is 5.56 Å². The molecule has 1 amide bonds. The van der Waals surface area contributed by atoms with Gasteiger partial charge >= 0.3 is 0 Å². The molecule has 0 aliphatic rings. The number of carbonyl (C=O) groups is 1. The van der Waals surface area contributed by atoms with Gasteiger partial charge in [-0.25, -0.2) is 4.39 Å². The van der Waals surface area contributed by atoms with Crippen LogP contribution < -0.4 is 5.32 Å². The summed E-state index contributed by atoms with van der Waals surface area (Å²) in [4.78, 5) is 11.8. The molecular formula is C14H12FNO2. The van der Waals surface area contributed by atoms with Gasteiger partial charge in [-0.2, -0.15) is 0 Å². The highest BCUT2D eigenvalue weighted by Gasteiger charge is 2.12. The zero-order chi connectivity index (χ0) is 13.1. The number of benzene rings is 2. The predicted octanol–water partition coefficient (Wildman–Crippen LogP) is 3.09. The third kappa shape index (κ3) is 2.66. The largest absolute Gasteiger partial charge is 0.507 e. The van der Waals surface area contributed by atoms with Gasteiger partial charge in [-0.15, -0.1) is 0 Å². The molecule has 3 nitrogen and oxygen atoms in total. The van der Waals surface area contributed by atoms with Crippen LogP contribution in [-0.4, -0.2) is 11.0 Å². The van der Waals surface area contributed by atoms with Crippen molar-refractivity contribution in [3.05, 3.63) is 59.4 Å². The van der Waals surface area contributed by atoms with E-state index >= 15 is 0 Å². The van der Waals surface area contributed by atoms with E-state index in [0.29, 0.717) is 5.69 Å². The molecule has 0 fully saturated rings. The summed E-state index contributed by atoms with van der Waals surface area (Å²) in [5.41, 5.74) is 1.58. The van der Waals surface area contributed by atoms with Crippen LogP contribution in [0.1, 0.15) is 15.9 Å². The fraction of sp³-hybridized carbons (Fsp3) is 0.0714. The molecule has 0 bridgehead atoms. The van der Waals surface area contributed by atoms with E-state index < -0.39 is 11.7 Å². The smallest absolute Gasteiger partial charge is 0.259 e. The van der Waals surface area contributed by atoms with Crippen LogP contribution in [0.3, 0.4) is 0 Å². The summed E-state index contributed by atoms with van der Waals surface area (Å²) < 4.78 is 13.0. The maximum absolute atomic E-state index is 13.0. The zero-order valence-corrected chi connectivity index (χ0v) is 9.77. The summed E-state index contributed by atoms with van der Waals surface area (Å²) in [6.07, 6.45) is 0. The van der Waals surface area contributed by atoms with Crippen molar-refractivity contribution in [3.63, 3.8) is 0 Å². The van der Waals surface area contributed by atoms with Crippen molar-refractivity contribution in [3.8, 4) is 5.75 Å². The van der Waals surface area contributed by atoms with Crippen LogP contribution in [0.25, 0.3) is 0 Å². The van der Waals surface area contributed by atoms with Gasteiger partial charge in [0.15, 0.2) is 0 Å². The van der Waals surface area contributed by atoms with Gasteiger partial charge < -0.3 is 10.4 Å². The lowest BCUT2D eigenvalue weighted by atomic mass is 10.1. The molecule has 2 N–H and O–H groups in total. The Morgan fingerprint density at radius 2 is 1.83 bits per heavy atom. The maximum Gasteiger partial charge on any atom is 0.259 e. The molecule has 2 aromatic carbocycles. The van der Waals surface area contributed by atoms with E-state index in [-0.39, 0.29) is 11.3 Å². The third-order valence-electron chi connectivity index (χ3n) is 2.51. The highest BCUT2D eigenvalue weighted by molar-refractivity contribution is 6.06. The van der Waals surface area contributed by atoms with Gasteiger partial charge in [0, 0.05) is 5.69 Å². The van der Waals surface area contributed by atoms with Crippen LogP contribution in [0.5, 0.6) is 5.75 Å². The number of hydrogen-bond acceptors (Lipinski definition) is 2. The highest BCUT2D eigenvalue weighted by Crippen LogP contribution is 2.19. The van der Waals surface area contributed by atoms with Crippen molar-refractivity contribution < 1.29 is 14.3 Å². The zero-order valence-electron chi connectivity index (χ0n) is 9.77. The van der Waals surface area contributed by atoms with Crippen LogP contribution in [0.15, 0.2) is 42.5 Å². The van der Waals surface area contributed by atoms with Gasteiger partial charge in [0.25, 0.3) is 5.91 Å². The molecular weight excluding hydrogens is 233 g/mol. The second-order valence-corrected chi connectivity index (χ2v) is 3.98. The minimum atomic E-state index is -0.568. The highest BCUT2D eigenvalue weighted by atomic mass is 19.1. The second-order valence-electron chi connectivity index (χ2n) is 3.98. The molecule has 0 aliphatic carbocycles. The number of phenolic OH excluding ortho intramolecular Hbond substituents is 1. The summed E-state index contributed by atoms with van der Waals surface area (Å²) in [7, 11) is 0. The lowest BCUT2D eigenvalue weighted by Crippen LogP contribution is -2.12. The van der Waals surface area contributed by atoms with Gasteiger partial charge in [-0.1, -0.05) is 17.7 Å². The number of aromatic hydroxyl groups is 1. The Bertz CT molecular complexity index is 579. The van der Waals surface area contributed by atoms with Crippen molar-refractivity contribution >= 4 is 11.6 Å². The average molecular weight is 245 g/mol. The van der Waals surface area contributed by atoms with Crippen LogP contribution in [0, 0.1) is 12.7 Å². The molecule has 0 spiro atoms. The summed E-state index contributed by atoms with van der Waals surface area (Å²) >= 11 is 0. The first kappa shape index (κ1) is 12.1. The second kappa shape index (κ2) is 4.87. The average Bonchev–Trinajstić information content (AvgIpc) is 2.35. The Balaban J connectivity index is 2.21. The Kier molecular flexibility index (Phi) is 3.28. The molecule has 0 aliphatic heterocycles. The van der Waals surface area contributed by atoms with Crippen LogP contribution in [0.4, 0.5) is 10.1 Å². The van der Waals surface area contributed by atoms with E-state index in [1.54, 1.807) is 12.1 Å². The van der Waals surface area contributed by atoms with Crippen LogP contribution in [-0.2, 0) is 0 Å². The minimum absolute atomic E-state index is 0.0874. The van der Waals surface area contributed by atoms with Crippen LogP contribution in [0.2, 0.25) is 0 Å². The molecule has 2 aromatic rings. The topological polar surface area (TPSA) is 49.3 Å². The molecule has 18 heavy (non-hydrogen) atoms. The normalized spacial score (nSPS) is 10.1. The van der Waals surface area contributed by atoms with Crippen molar-refractivity contribution in [1.82, 2.24) is 0 Å². The van der Waals surface area contributed by atoms with Gasteiger partial charge in [0.2, 0.25) is 0 Å². The molecule has 0 atom stereocenters. The Morgan fingerprint density at radius 3 is 2.50 bits per heavy atom. The van der Waals surface area contributed by atoms with Gasteiger partial charge in [-0.3, -0.25) is 4.79 Å². The van der Waals surface area contributed by atoms with Crippen LogP contribution >= 0.6 is 0 Å². The Labute approximate surface area is 104 Å². The summed E-state index contributed by atoms with van der Waals surface area (Å²) in [5.74, 6) is -1.36. The van der Waals surface area contributed by atoms with E-state index in [2.05, 4.69) is 5.32 Å². The Morgan fingerprint density at radius 1 is 1.17 bits per heavy atom. The SMILES string of the molecule is Cc1ccc(NC(=O)c2cc(F)ccc2O)cc1. The van der Waals surface area contributed by atoms with Gasteiger partial charge in [-0.05, 0) is 37.3 Å². The van der Waals surface area contributed by atoms with Crippen molar-refractivity contribution in [2.24, 2.45) is 0 Å². The predicted molar refractivity (Wildman–Crippen MR) is 67.2 cm³/mol. The molecule has 0 saturated carbocycles. The first-order valence-electron chi connectivity index (χ1n) is 5.43. The van der Waals surface area contributed by atoms with E-state index in [1.807, 2.05) is 19.1 Å². The number of amides is 1. The lowest BCUT2D eigenvalue weighted by Gasteiger charge is -2.07. The third-order valence-corrected chi connectivity index (χ3v) is 2.51. The number of phenols is 1. The number of nitrogens with one attached hydrogen (secondary N) is 1. The molecule has 0 unspecified atom stereocenters. The fourth-order valence-corrected chi connectivity index (χ4v) is 1.53. The van der Waals surface area contributed by atoms with Crippen molar-refractivity contribution in [2.45, 2.75) is 6.92 Å². The Hall–Kier alpha value is -2.36. The van der Waals surface area contributed by atoms with E-state index in [0.717, 1.165) is 23.8 Å². The molecule has 92 valence electrons. The minimum Gasteiger partial charge on any atom is -0.507 e.